The molecule has 0 radical (unpaired) electrons. The van der Waals surface area contributed by atoms with Crippen LogP contribution in [-0.2, 0) is 35.5 Å². The second-order valence-corrected chi connectivity index (χ2v) is 7.61. The summed E-state index contributed by atoms with van der Waals surface area (Å²) in [4.78, 5) is 24.8. The smallest absolute Gasteiger partial charge is 0.526 e. The molecule has 0 fully saturated rings. The quantitative estimate of drug-likeness (QED) is 0.580. The van der Waals surface area contributed by atoms with Crippen LogP contribution in [0.15, 0.2) is 36.4 Å². The van der Waals surface area contributed by atoms with Gasteiger partial charge in [0.2, 0.25) is 0 Å². The van der Waals surface area contributed by atoms with Crippen LogP contribution in [0, 0.1) is 0 Å². The predicted molar refractivity (Wildman–Crippen MR) is 109 cm³/mol. The van der Waals surface area contributed by atoms with Gasteiger partial charge in [-0.2, -0.15) is 0 Å². The summed E-state index contributed by atoms with van der Waals surface area (Å²) in [6.07, 6.45) is 1.04. The van der Waals surface area contributed by atoms with E-state index >= 15 is 0 Å². The van der Waals surface area contributed by atoms with Gasteiger partial charge in [0.25, 0.3) is 0 Å². The van der Waals surface area contributed by atoms with Gasteiger partial charge in [-0.05, 0) is 41.7 Å². The zero-order valence-corrected chi connectivity index (χ0v) is 16.4. The molecule has 1 atom stereocenters. The van der Waals surface area contributed by atoms with Gasteiger partial charge in [0.05, 0.1) is 6.61 Å². The number of carbonyl (C=O) groups is 2. The Morgan fingerprint density at radius 3 is 2.86 bits per heavy atom. The number of hydrogen-bond donors (Lipinski definition) is 2. The van der Waals surface area contributed by atoms with Crippen LogP contribution in [0.2, 0.25) is 5.82 Å². The maximum absolute atomic E-state index is 12.6. The second-order valence-electron chi connectivity index (χ2n) is 7.61. The Morgan fingerprint density at radius 2 is 2.03 bits per heavy atom. The number of benzene rings is 2. The molecule has 0 saturated heterocycles. The minimum Gasteiger partial charge on any atom is -0.535 e. The van der Waals surface area contributed by atoms with Crippen molar-refractivity contribution in [2.45, 2.75) is 45.1 Å². The van der Waals surface area contributed by atoms with Crippen LogP contribution in [0.1, 0.15) is 46.0 Å². The average Bonchev–Trinajstić information content (AvgIpc) is 3.16. The van der Waals surface area contributed by atoms with Crippen molar-refractivity contribution < 1.29 is 24.0 Å². The van der Waals surface area contributed by atoms with Crippen LogP contribution in [0.3, 0.4) is 0 Å². The first kappa shape index (κ1) is 19.7. The van der Waals surface area contributed by atoms with Crippen LogP contribution in [0.5, 0.6) is 5.75 Å². The van der Waals surface area contributed by atoms with Crippen LogP contribution >= 0.6 is 0 Å². The summed E-state index contributed by atoms with van der Waals surface area (Å²) in [5, 5.41) is 13.8. The van der Waals surface area contributed by atoms with Gasteiger partial charge >= 0.3 is 13.1 Å². The topological polar surface area (TPSA) is 84.9 Å². The van der Waals surface area contributed by atoms with E-state index in [1.54, 1.807) is 19.1 Å². The van der Waals surface area contributed by atoms with Crippen molar-refractivity contribution in [2.24, 2.45) is 0 Å². The highest BCUT2D eigenvalue weighted by Crippen LogP contribution is 2.36. The fraction of sp³-hybridized carbons (Fsp3) is 0.364. The van der Waals surface area contributed by atoms with E-state index in [2.05, 4.69) is 17.4 Å². The summed E-state index contributed by atoms with van der Waals surface area (Å²) in [5.74, 6) is -0.400. The number of esters is 1. The van der Waals surface area contributed by atoms with Crippen molar-refractivity contribution in [2.75, 3.05) is 6.61 Å². The molecule has 6 nitrogen and oxygen atoms in total. The zero-order valence-electron chi connectivity index (χ0n) is 16.4. The average molecular weight is 393 g/mol. The summed E-state index contributed by atoms with van der Waals surface area (Å²) in [6.45, 7) is 3.72. The molecule has 2 heterocycles. The molecule has 4 rings (SSSR count). The van der Waals surface area contributed by atoms with Crippen molar-refractivity contribution in [3.63, 3.8) is 0 Å². The Hall–Kier alpha value is -2.64. The lowest BCUT2D eigenvalue weighted by Gasteiger charge is -2.28. The lowest BCUT2D eigenvalue weighted by atomic mass is 9.64. The van der Waals surface area contributed by atoms with E-state index in [-0.39, 0.29) is 24.6 Å². The molecular formula is C22H24BNO5. The van der Waals surface area contributed by atoms with E-state index < -0.39 is 13.1 Å². The van der Waals surface area contributed by atoms with Gasteiger partial charge in [-0.25, -0.2) is 4.79 Å². The molecule has 2 aromatic carbocycles. The molecule has 0 unspecified atom stereocenters. The fourth-order valence-electron chi connectivity index (χ4n) is 4.08. The third-order valence-corrected chi connectivity index (χ3v) is 5.51. The number of para-hydroxylation sites is 1. The van der Waals surface area contributed by atoms with E-state index in [1.165, 1.54) is 11.1 Å². The van der Waals surface area contributed by atoms with Gasteiger partial charge in [0, 0.05) is 31.7 Å². The number of hydrogen-bond acceptors (Lipinski definition) is 6. The minimum atomic E-state index is -1.13. The molecule has 0 aliphatic carbocycles. The summed E-state index contributed by atoms with van der Waals surface area (Å²) >= 11 is 0. The molecule has 29 heavy (non-hydrogen) atoms. The molecule has 2 aliphatic heterocycles. The molecule has 0 saturated carbocycles. The lowest BCUT2D eigenvalue weighted by Crippen LogP contribution is -2.36. The van der Waals surface area contributed by atoms with Crippen molar-refractivity contribution in [3.8, 4) is 5.75 Å². The molecule has 2 N–H and O–H groups in total. The van der Waals surface area contributed by atoms with Gasteiger partial charge in [0.15, 0.2) is 0 Å². The van der Waals surface area contributed by atoms with Crippen molar-refractivity contribution in [3.05, 3.63) is 64.2 Å². The SMILES string of the molecule is CCOC(=O)c1cccc2c1OB(O)[C@@H](CC(=O)Cc1ccc3c(c1)CNC3)C2. The largest absolute Gasteiger partial charge is 0.535 e. The van der Waals surface area contributed by atoms with E-state index in [0.717, 1.165) is 24.2 Å². The number of fused-ring (bicyclic) bond motifs is 2. The molecule has 0 aromatic heterocycles. The summed E-state index contributed by atoms with van der Waals surface area (Å²) in [5.41, 5.74) is 4.64. The van der Waals surface area contributed by atoms with Crippen LogP contribution in [0.25, 0.3) is 0 Å². The third kappa shape index (κ3) is 4.21. The van der Waals surface area contributed by atoms with E-state index in [4.69, 9.17) is 9.39 Å². The number of nitrogens with one attached hydrogen (secondary N) is 1. The molecular weight excluding hydrogens is 369 g/mol. The number of Topliss-reactive ketones (excluding diaryl/α,β-unsaturated/α-hetero) is 1. The highest BCUT2D eigenvalue weighted by Gasteiger charge is 2.37. The zero-order chi connectivity index (χ0) is 20.4. The third-order valence-electron chi connectivity index (χ3n) is 5.51. The first-order chi connectivity index (χ1) is 14.0. The Morgan fingerprint density at radius 1 is 1.21 bits per heavy atom. The highest BCUT2D eigenvalue weighted by atomic mass is 16.5. The van der Waals surface area contributed by atoms with Gasteiger partial charge in [-0.15, -0.1) is 0 Å². The molecule has 150 valence electrons. The Bertz CT molecular complexity index is 945. The molecule has 2 aliphatic rings. The number of carbonyl (C=O) groups excluding carboxylic acids is 2. The van der Waals surface area contributed by atoms with E-state index in [1.807, 2.05) is 12.1 Å². The Balaban J connectivity index is 1.43. The lowest BCUT2D eigenvalue weighted by molar-refractivity contribution is -0.118. The summed E-state index contributed by atoms with van der Waals surface area (Å²) in [7, 11) is -1.13. The molecule has 7 heteroatoms. The molecule has 2 aromatic rings. The molecule has 0 spiro atoms. The number of rotatable bonds is 6. The van der Waals surface area contributed by atoms with E-state index in [0.29, 0.717) is 24.2 Å². The normalized spacial score (nSPS) is 17.3. The highest BCUT2D eigenvalue weighted by molar-refractivity contribution is 6.47. The molecule has 0 amide bonds. The number of ketones is 1. The van der Waals surface area contributed by atoms with Gasteiger partial charge < -0.3 is 19.7 Å². The second kappa shape index (κ2) is 8.39. The van der Waals surface area contributed by atoms with E-state index in [9.17, 15) is 14.6 Å². The summed E-state index contributed by atoms with van der Waals surface area (Å²) in [6, 6.07) is 11.4. The molecule has 0 bridgehead atoms. The van der Waals surface area contributed by atoms with Gasteiger partial charge in [-0.3, -0.25) is 4.79 Å². The predicted octanol–water partition coefficient (Wildman–Crippen LogP) is 2.45. The van der Waals surface area contributed by atoms with Gasteiger partial charge in [-0.1, -0.05) is 30.3 Å². The first-order valence-corrected chi connectivity index (χ1v) is 10.0. The summed E-state index contributed by atoms with van der Waals surface area (Å²) < 4.78 is 10.7. The number of ether oxygens (including phenoxy) is 1. The Labute approximate surface area is 170 Å². The fourth-order valence-corrected chi connectivity index (χ4v) is 4.08. The maximum Gasteiger partial charge on any atom is 0.526 e. The monoisotopic (exact) mass is 393 g/mol. The Kier molecular flexibility index (Phi) is 5.69. The van der Waals surface area contributed by atoms with Gasteiger partial charge in [0.1, 0.15) is 17.1 Å². The van der Waals surface area contributed by atoms with Crippen molar-refractivity contribution in [1.82, 2.24) is 5.32 Å². The first-order valence-electron chi connectivity index (χ1n) is 10.0. The standard InChI is InChI=1S/C22H24BNO5/c1-2-28-22(26)20-5-3-4-15-10-18(23(27)29-21(15)20)11-19(25)9-14-6-7-16-12-24-13-17(16)8-14/h3-8,18,24,27H,2,9-13H2,1H3/t18-/m1/s1. The maximum atomic E-state index is 12.6. The van der Waals surface area contributed by atoms with Crippen LogP contribution in [0.4, 0.5) is 0 Å². The minimum absolute atomic E-state index is 0.0635. The van der Waals surface area contributed by atoms with Crippen LogP contribution in [-0.4, -0.2) is 30.5 Å². The van der Waals surface area contributed by atoms with Crippen molar-refractivity contribution >= 4 is 18.9 Å². The van der Waals surface area contributed by atoms with Crippen molar-refractivity contribution in [1.29, 1.82) is 0 Å². The van der Waals surface area contributed by atoms with Crippen LogP contribution < -0.4 is 9.97 Å².